The Morgan fingerprint density at radius 1 is 1.23 bits per heavy atom. The molecule has 0 aliphatic carbocycles. The molecule has 67 valence electrons. The van der Waals surface area contributed by atoms with Crippen LogP contribution in [0.5, 0.6) is 0 Å². The van der Waals surface area contributed by atoms with Crippen LogP contribution in [0.3, 0.4) is 0 Å². The van der Waals surface area contributed by atoms with E-state index in [1.807, 2.05) is 0 Å². The molecule has 3 nitrogen and oxygen atoms in total. The van der Waals surface area contributed by atoms with Gasteiger partial charge in [-0.3, -0.25) is 4.72 Å². The van der Waals surface area contributed by atoms with E-state index in [1.165, 1.54) is 0 Å². The van der Waals surface area contributed by atoms with Crippen LogP contribution in [0.25, 0.3) is 0 Å². The first-order chi connectivity index (χ1) is 5.59. The molecule has 0 spiro atoms. The number of anilines is 1. The van der Waals surface area contributed by atoms with Gasteiger partial charge in [-0.1, -0.05) is 15.9 Å². The van der Waals surface area contributed by atoms with Crippen LogP contribution in [0.2, 0.25) is 0 Å². The summed E-state index contributed by atoms with van der Waals surface area (Å²) < 4.78 is 24.5. The van der Waals surface area contributed by atoms with Crippen LogP contribution in [0, 0.1) is 0 Å². The van der Waals surface area contributed by atoms with Gasteiger partial charge in [0.05, 0.1) is 5.69 Å². The Labute approximate surface area is 117 Å². The Hall–Kier alpha value is 0.930. The Morgan fingerprint density at radius 2 is 1.85 bits per heavy atom. The van der Waals surface area contributed by atoms with Crippen molar-refractivity contribution in [3.8, 4) is 0 Å². The second kappa shape index (κ2) is 6.42. The molecule has 1 aromatic carbocycles. The third kappa shape index (κ3) is 4.80. The quantitative estimate of drug-likeness (QED) is 0.638. The number of benzene rings is 1. The molecule has 0 aromatic heterocycles. The summed E-state index contributed by atoms with van der Waals surface area (Å²) in [6.07, 6.45) is 0. The first kappa shape index (κ1) is 13.9. The van der Waals surface area contributed by atoms with Crippen molar-refractivity contribution in [3.05, 3.63) is 27.1 Å². The molecular weight excluding hydrogens is 333 g/mol. The predicted octanol–water partition coefficient (Wildman–Crippen LogP) is 1.77. The Balaban J connectivity index is 0.00000144. The standard InChI is InChI=1S/C6H5Br2NO2S.Na/c7-4-1-2-6(5(8)3-4)9-12(10)11;/h1-3,12H,(H,9,10,11);. The minimum atomic E-state index is -2.60. The van der Waals surface area contributed by atoms with Crippen LogP contribution in [0.1, 0.15) is 0 Å². The van der Waals surface area contributed by atoms with Gasteiger partial charge in [0.15, 0.2) is 0 Å². The maximum atomic E-state index is 10.3. The van der Waals surface area contributed by atoms with E-state index in [0.717, 1.165) is 4.47 Å². The van der Waals surface area contributed by atoms with Gasteiger partial charge in [-0.2, -0.15) is 0 Å². The molecule has 1 aromatic rings. The number of halogens is 2. The summed E-state index contributed by atoms with van der Waals surface area (Å²) in [5, 5.41) is 0. The summed E-state index contributed by atoms with van der Waals surface area (Å²) in [5.74, 6) is 0. The number of hydrogen-bond donors (Lipinski definition) is 2. The maximum absolute atomic E-state index is 10.3. The van der Waals surface area contributed by atoms with Gasteiger partial charge < -0.3 is 0 Å². The normalized spacial score (nSPS) is 9.46. The van der Waals surface area contributed by atoms with E-state index in [0.29, 0.717) is 10.2 Å². The van der Waals surface area contributed by atoms with Crippen molar-refractivity contribution in [1.82, 2.24) is 0 Å². The second-order valence-corrected chi connectivity index (χ2v) is 4.50. The fourth-order valence-electron chi connectivity index (χ4n) is 0.678. The molecule has 1 rings (SSSR count). The van der Waals surface area contributed by atoms with E-state index >= 15 is 0 Å². The predicted molar refractivity (Wildman–Crippen MR) is 61.5 cm³/mol. The molecule has 0 saturated carbocycles. The van der Waals surface area contributed by atoms with Crippen LogP contribution < -0.4 is 4.72 Å². The molecule has 1 radical (unpaired) electrons. The van der Waals surface area contributed by atoms with Gasteiger partial charge in [-0.15, -0.1) is 0 Å². The van der Waals surface area contributed by atoms with Gasteiger partial charge in [0.2, 0.25) is 10.9 Å². The Kier molecular flexibility index (Phi) is 6.88. The first-order valence-electron chi connectivity index (χ1n) is 2.95. The number of nitrogens with one attached hydrogen (secondary N) is 1. The molecule has 7 heteroatoms. The van der Waals surface area contributed by atoms with E-state index in [-0.39, 0.29) is 29.6 Å². The van der Waals surface area contributed by atoms with Crippen LogP contribution in [0.15, 0.2) is 27.1 Å². The monoisotopic (exact) mass is 336 g/mol. The van der Waals surface area contributed by atoms with Crippen molar-refractivity contribution in [2.24, 2.45) is 0 Å². The molecule has 13 heavy (non-hydrogen) atoms. The molecule has 0 amide bonds. The van der Waals surface area contributed by atoms with Gasteiger partial charge in [-0.05, 0) is 34.1 Å². The van der Waals surface area contributed by atoms with Gasteiger partial charge in [-0.25, -0.2) is 8.42 Å². The minimum absolute atomic E-state index is 0. The van der Waals surface area contributed by atoms with Crippen LogP contribution in [-0.2, 0) is 10.9 Å². The molecule has 0 fully saturated rings. The zero-order valence-corrected chi connectivity index (χ0v) is 12.8. The van der Waals surface area contributed by atoms with Crippen molar-refractivity contribution >= 4 is 78.0 Å². The number of hydrogen-bond acceptors (Lipinski definition) is 2. The summed E-state index contributed by atoms with van der Waals surface area (Å²) in [6, 6.07) is 5.19. The van der Waals surface area contributed by atoms with Crippen LogP contribution >= 0.6 is 31.9 Å². The van der Waals surface area contributed by atoms with Crippen molar-refractivity contribution < 1.29 is 8.42 Å². The van der Waals surface area contributed by atoms with Gasteiger partial charge in [0.1, 0.15) is 0 Å². The zero-order chi connectivity index (χ0) is 9.14. The molecule has 0 aliphatic heterocycles. The van der Waals surface area contributed by atoms with Crippen molar-refractivity contribution in [3.63, 3.8) is 0 Å². The molecule has 0 heterocycles. The van der Waals surface area contributed by atoms with Gasteiger partial charge in [0.25, 0.3) is 0 Å². The molecule has 0 saturated heterocycles. The smallest absolute Gasteiger partial charge is 0.222 e. The van der Waals surface area contributed by atoms with Crippen molar-refractivity contribution in [2.75, 3.05) is 4.72 Å². The summed E-state index contributed by atoms with van der Waals surface area (Å²) >= 11 is 6.47. The molecule has 0 atom stereocenters. The average molecular weight is 338 g/mol. The van der Waals surface area contributed by atoms with Gasteiger partial charge >= 0.3 is 0 Å². The average Bonchev–Trinajstić information content (AvgIpc) is 1.94. The molecule has 0 unspecified atom stereocenters. The Bertz CT molecular complexity index is 362. The third-order valence-electron chi connectivity index (χ3n) is 1.14. The number of thiol groups is 1. The summed E-state index contributed by atoms with van der Waals surface area (Å²) in [6.45, 7) is 0. The van der Waals surface area contributed by atoms with Crippen molar-refractivity contribution in [1.29, 1.82) is 0 Å². The van der Waals surface area contributed by atoms with E-state index in [4.69, 9.17) is 0 Å². The fraction of sp³-hybridized carbons (Fsp3) is 0. The fourth-order valence-corrected chi connectivity index (χ4v) is 2.37. The largest absolute Gasteiger partial charge is 0.285 e. The first-order valence-corrected chi connectivity index (χ1v) is 5.72. The molecule has 0 bridgehead atoms. The zero-order valence-electron chi connectivity index (χ0n) is 6.75. The van der Waals surface area contributed by atoms with E-state index in [9.17, 15) is 8.42 Å². The van der Waals surface area contributed by atoms with Crippen LogP contribution in [-0.4, -0.2) is 38.0 Å². The van der Waals surface area contributed by atoms with Gasteiger partial charge in [0, 0.05) is 38.5 Å². The molecule has 1 N–H and O–H groups in total. The molecule has 0 aliphatic rings. The van der Waals surface area contributed by atoms with E-state index < -0.39 is 10.9 Å². The maximum Gasteiger partial charge on any atom is 0.222 e. The third-order valence-corrected chi connectivity index (χ3v) is 2.72. The summed E-state index contributed by atoms with van der Waals surface area (Å²) in [4.78, 5) is 0. The van der Waals surface area contributed by atoms with Crippen LogP contribution in [0.4, 0.5) is 5.69 Å². The minimum Gasteiger partial charge on any atom is -0.285 e. The topological polar surface area (TPSA) is 46.2 Å². The summed E-state index contributed by atoms with van der Waals surface area (Å²) in [5.41, 5.74) is 0.536. The molecular formula is C6H5Br2NNaO2S. The van der Waals surface area contributed by atoms with Crippen molar-refractivity contribution in [2.45, 2.75) is 0 Å². The van der Waals surface area contributed by atoms with E-state index in [1.54, 1.807) is 18.2 Å². The SMILES string of the molecule is O=[SH](=O)Nc1ccc(Br)cc1Br.[Na]. The number of rotatable bonds is 2. The second-order valence-electron chi connectivity index (χ2n) is 1.99. The Morgan fingerprint density at radius 3 is 2.31 bits per heavy atom. The van der Waals surface area contributed by atoms with E-state index in [2.05, 4.69) is 36.6 Å². The summed E-state index contributed by atoms with van der Waals surface area (Å²) in [7, 11) is -2.60.